The first-order valence-electron chi connectivity index (χ1n) is 9.82. The van der Waals surface area contributed by atoms with Gasteiger partial charge in [0.25, 0.3) is 11.8 Å². The summed E-state index contributed by atoms with van der Waals surface area (Å²) in [4.78, 5) is 34.0. The van der Waals surface area contributed by atoms with Crippen molar-refractivity contribution in [2.24, 2.45) is 0 Å². The van der Waals surface area contributed by atoms with Gasteiger partial charge in [-0.1, -0.05) is 6.07 Å². The summed E-state index contributed by atoms with van der Waals surface area (Å²) in [5.74, 6) is 0.0576. The Balaban J connectivity index is 1.96. The van der Waals surface area contributed by atoms with E-state index in [0.29, 0.717) is 23.6 Å². The van der Waals surface area contributed by atoms with Crippen molar-refractivity contribution in [1.82, 2.24) is 20.2 Å². The predicted octanol–water partition coefficient (Wildman–Crippen LogP) is 2.75. The number of fused-ring (bicyclic) bond motifs is 1. The number of carbonyl (C=O) groups is 2. The molecule has 0 fully saturated rings. The number of hydrogen-bond donors (Lipinski definition) is 3. The molecular formula is C22H27N5O4. The average Bonchev–Trinajstić information content (AvgIpc) is 3.07. The summed E-state index contributed by atoms with van der Waals surface area (Å²) < 4.78 is 6.95. The van der Waals surface area contributed by atoms with Crippen molar-refractivity contribution in [3.63, 3.8) is 0 Å². The van der Waals surface area contributed by atoms with E-state index in [-0.39, 0.29) is 17.9 Å². The fourth-order valence-corrected chi connectivity index (χ4v) is 3.37. The zero-order valence-electron chi connectivity index (χ0n) is 18.3. The van der Waals surface area contributed by atoms with Gasteiger partial charge in [0, 0.05) is 43.0 Å². The van der Waals surface area contributed by atoms with Crippen LogP contribution in [0, 0.1) is 13.8 Å². The zero-order valence-corrected chi connectivity index (χ0v) is 18.3. The van der Waals surface area contributed by atoms with E-state index < -0.39 is 0 Å². The minimum Gasteiger partial charge on any atom is -0.383 e. The van der Waals surface area contributed by atoms with Gasteiger partial charge in [0.2, 0.25) is 0 Å². The van der Waals surface area contributed by atoms with Crippen molar-refractivity contribution >= 4 is 28.8 Å². The fraction of sp³-hybridized carbons (Fsp3) is 0.318. The molecule has 164 valence electrons. The number of carbonyl (C=O) groups excluding carboxylic acids is 2. The number of anilines is 2. The lowest BCUT2D eigenvalue weighted by Crippen LogP contribution is -2.35. The Morgan fingerprint density at radius 2 is 1.97 bits per heavy atom. The third-order valence-corrected chi connectivity index (χ3v) is 4.93. The Hall–Kier alpha value is -3.43. The van der Waals surface area contributed by atoms with E-state index in [0.717, 1.165) is 22.3 Å². The third-order valence-electron chi connectivity index (χ3n) is 4.93. The number of benzene rings is 1. The summed E-state index contributed by atoms with van der Waals surface area (Å²) >= 11 is 0. The number of hydrogen-bond acceptors (Lipinski definition) is 6. The maximum atomic E-state index is 12.7. The molecule has 0 unspecified atom stereocenters. The number of methoxy groups -OCH3 is 1. The van der Waals surface area contributed by atoms with E-state index in [9.17, 15) is 9.59 Å². The van der Waals surface area contributed by atoms with E-state index in [2.05, 4.69) is 21.1 Å². The number of amides is 2. The zero-order chi connectivity index (χ0) is 22.5. The van der Waals surface area contributed by atoms with Gasteiger partial charge in [0.1, 0.15) is 0 Å². The quantitative estimate of drug-likeness (QED) is 0.479. The normalized spacial score (nSPS) is 11.9. The molecule has 0 aliphatic rings. The second-order valence-electron chi connectivity index (χ2n) is 7.32. The molecular weight excluding hydrogens is 398 g/mol. The Bertz CT molecular complexity index is 1110. The highest BCUT2D eigenvalue weighted by Crippen LogP contribution is 2.28. The first-order valence-corrected chi connectivity index (χ1v) is 9.82. The van der Waals surface area contributed by atoms with Crippen molar-refractivity contribution in [1.29, 1.82) is 0 Å². The topological polar surface area (TPSA) is 106 Å². The summed E-state index contributed by atoms with van der Waals surface area (Å²) in [6.45, 7) is 6.13. The molecule has 3 aromatic rings. The number of nitrogens with zero attached hydrogens (tertiary/aromatic N) is 2. The lowest BCUT2D eigenvalue weighted by atomic mass is 10.1. The highest BCUT2D eigenvalue weighted by molar-refractivity contribution is 5.99. The number of nitrogens with one attached hydrogen (secondary N) is 3. The number of aromatic nitrogens is 2. The summed E-state index contributed by atoms with van der Waals surface area (Å²) in [6.07, 6.45) is 5.22. The molecule has 0 saturated heterocycles. The lowest BCUT2D eigenvalue weighted by molar-refractivity contribution is 0.0537. The predicted molar refractivity (Wildman–Crippen MR) is 118 cm³/mol. The summed E-state index contributed by atoms with van der Waals surface area (Å²) in [5, 5.41) is 6.24. The van der Waals surface area contributed by atoms with E-state index in [1.807, 2.05) is 31.2 Å². The van der Waals surface area contributed by atoms with Gasteiger partial charge < -0.3 is 19.8 Å². The van der Waals surface area contributed by atoms with Crippen LogP contribution in [0.1, 0.15) is 38.8 Å². The van der Waals surface area contributed by atoms with Crippen LogP contribution in [0.5, 0.6) is 0 Å². The molecule has 3 rings (SSSR count). The first-order chi connectivity index (χ1) is 14.8. The molecule has 1 aromatic carbocycles. The maximum absolute atomic E-state index is 12.7. The molecule has 0 aliphatic heterocycles. The van der Waals surface area contributed by atoms with Crippen molar-refractivity contribution in [2.75, 3.05) is 26.1 Å². The number of hydroxylamine groups is 1. The Morgan fingerprint density at radius 1 is 1.19 bits per heavy atom. The van der Waals surface area contributed by atoms with Crippen LogP contribution in [0.15, 0.2) is 36.8 Å². The van der Waals surface area contributed by atoms with Gasteiger partial charge in [-0.15, -0.1) is 0 Å². The van der Waals surface area contributed by atoms with Crippen molar-refractivity contribution < 1.29 is 19.2 Å². The largest absolute Gasteiger partial charge is 0.383 e. The molecule has 2 heterocycles. The van der Waals surface area contributed by atoms with Crippen molar-refractivity contribution in [3.05, 3.63) is 59.0 Å². The minimum absolute atomic E-state index is 0.112. The van der Waals surface area contributed by atoms with Crippen LogP contribution in [0.2, 0.25) is 0 Å². The molecule has 0 bridgehead atoms. The molecule has 9 nitrogen and oxygen atoms in total. The van der Waals surface area contributed by atoms with E-state index >= 15 is 0 Å². The second-order valence-corrected chi connectivity index (χ2v) is 7.32. The summed E-state index contributed by atoms with van der Waals surface area (Å²) in [5.41, 5.74) is 6.55. The van der Waals surface area contributed by atoms with E-state index in [4.69, 9.17) is 9.57 Å². The van der Waals surface area contributed by atoms with E-state index in [1.54, 1.807) is 37.8 Å². The van der Waals surface area contributed by atoms with Crippen LogP contribution >= 0.6 is 0 Å². The molecule has 1 atom stereocenters. The van der Waals surface area contributed by atoms with Crippen LogP contribution in [0.25, 0.3) is 5.52 Å². The fourth-order valence-electron chi connectivity index (χ4n) is 3.37. The Labute approximate surface area is 180 Å². The molecule has 9 heteroatoms. The SMILES string of the molecule is COC[C@H](C)NC(=O)c1cn2ccnc(Nc3cc(C(=O)NOC)ccc3C)c2c1C. The molecule has 0 spiro atoms. The number of aryl methyl sites for hydroxylation is 2. The van der Waals surface area contributed by atoms with E-state index in [1.165, 1.54) is 7.11 Å². The third kappa shape index (κ3) is 4.84. The van der Waals surface area contributed by atoms with Gasteiger partial charge >= 0.3 is 0 Å². The van der Waals surface area contributed by atoms with Crippen LogP contribution in [-0.4, -0.2) is 48.1 Å². The van der Waals surface area contributed by atoms with Crippen molar-refractivity contribution in [2.45, 2.75) is 26.8 Å². The Morgan fingerprint density at radius 3 is 2.68 bits per heavy atom. The molecule has 2 amide bonds. The molecule has 0 aliphatic carbocycles. The standard InChI is InChI=1S/C22H27N5O4/c1-13-6-7-16(21(28)26-31-5)10-18(13)25-20-19-15(3)17(11-27(19)9-8-23-20)22(29)24-14(2)12-30-4/h6-11,14H,12H2,1-5H3,(H,23,25)(H,24,29)(H,26,28)/t14-/m0/s1. The van der Waals surface area contributed by atoms with Crippen molar-refractivity contribution in [3.8, 4) is 0 Å². The first kappa shape index (κ1) is 22.3. The van der Waals surface area contributed by atoms with Crippen LogP contribution in [0.4, 0.5) is 11.5 Å². The monoisotopic (exact) mass is 425 g/mol. The van der Waals surface area contributed by atoms with Crippen LogP contribution in [0.3, 0.4) is 0 Å². The number of rotatable bonds is 8. The van der Waals surface area contributed by atoms with Gasteiger partial charge in [-0.25, -0.2) is 10.5 Å². The van der Waals surface area contributed by atoms with Gasteiger partial charge in [-0.3, -0.25) is 14.4 Å². The molecule has 3 N–H and O–H groups in total. The highest BCUT2D eigenvalue weighted by Gasteiger charge is 2.19. The average molecular weight is 425 g/mol. The molecule has 0 saturated carbocycles. The van der Waals surface area contributed by atoms with Crippen LogP contribution < -0.4 is 16.1 Å². The maximum Gasteiger partial charge on any atom is 0.274 e. The smallest absolute Gasteiger partial charge is 0.274 e. The molecule has 2 aromatic heterocycles. The van der Waals surface area contributed by atoms with Gasteiger partial charge in [0.15, 0.2) is 5.82 Å². The highest BCUT2D eigenvalue weighted by atomic mass is 16.6. The Kier molecular flexibility index (Phi) is 6.88. The van der Waals surface area contributed by atoms with Gasteiger partial charge in [-0.05, 0) is 44.0 Å². The minimum atomic E-state index is -0.347. The second kappa shape index (κ2) is 9.59. The molecule has 31 heavy (non-hydrogen) atoms. The summed E-state index contributed by atoms with van der Waals surface area (Å²) in [6, 6.07) is 5.18. The van der Waals surface area contributed by atoms with Gasteiger partial charge in [0.05, 0.1) is 24.8 Å². The molecule has 0 radical (unpaired) electrons. The van der Waals surface area contributed by atoms with Crippen LogP contribution in [-0.2, 0) is 9.57 Å². The number of ether oxygens (including phenoxy) is 1. The lowest BCUT2D eigenvalue weighted by Gasteiger charge is -2.13. The van der Waals surface area contributed by atoms with Gasteiger partial charge in [-0.2, -0.15) is 0 Å². The summed E-state index contributed by atoms with van der Waals surface area (Å²) in [7, 11) is 2.98.